The lowest BCUT2D eigenvalue weighted by molar-refractivity contribution is -0.379. The van der Waals surface area contributed by atoms with E-state index in [0.717, 1.165) is 77.0 Å². The molecule has 3 aliphatic rings. The number of rotatable bonds is 62. The van der Waals surface area contributed by atoms with Crippen LogP contribution in [-0.2, 0) is 33.2 Å². The van der Waals surface area contributed by atoms with E-state index in [4.69, 9.17) is 28.4 Å². The van der Waals surface area contributed by atoms with Gasteiger partial charge in [-0.25, -0.2) is 0 Å². The molecule has 0 radical (unpaired) electrons. The maximum atomic E-state index is 13.4. The van der Waals surface area contributed by atoms with Crippen LogP contribution in [0.15, 0.2) is 72.9 Å². The number of aliphatic hydroxyl groups is 11. The second-order valence-electron chi connectivity index (χ2n) is 28.1. The predicted molar refractivity (Wildman–Crippen MR) is 392 cm³/mol. The molecule has 12 N–H and O–H groups in total. The molecule has 576 valence electrons. The Morgan fingerprint density at radius 2 is 0.697 bits per heavy atom. The average Bonchev–Trinajstić information content (AvgIpc) is 0.784. The molecule has 3 aliphatic heterocycles. The Bertz CT molecular complexity index is 2070. The minimum absolute atomic E-state index is 0.245. The molecule has 19 heteroatoms. The van der Waals surface area contributed by atoms with E-state index >= 15 is 0 Å². The summed E-state index contributed by atoms with van der Waals surface area (Å²) in [7, 11) is 0. The van der Waals surface area contributed by atoms with Gasteiger partial charge >= 0.3 is 0 Å². The topological polar surface area (TPSA) is 307 Å². The van der Waals surface area contributed by atoms with Crippen molar-refractivity contribution < 1.29 is 89.4 Å². The summed E-state index contributed by atoms with van der Waals surface area (Å²) in [5.74, 6) is -0.272. The Hall–Kier alpha value is -2.77. The molecule has 0 aromatic heterocycles. The summed E-state index contributed by atoms with van der Waals surface area (Å²) in [4.78, 5) is 13.4. The summed E-state index contributed by atoms with van der Waals surface area (Å²) in [5.41, 5.74) is 0. The van der Waals surface area contributed by atoms with Gasteiger partial charge in [-0.1, -0.05) is 299 Å². The van der Waals surface area contributed by atoms with Gasteiger partial charge in [0.05, 0.1) is 38.6 Å². The molecule has 3 rings (SSSR count). The molecule has 1 amide bonds. The molecular weight excluding hydrogens is 1260 g/mol. The van der Waals surface area contributed by atoms with Gasteiger partial charge in [-0.3, -0.25) is 4.79 Å². The summed E-state index contributed by atoms with van der Waals surface area (Å²) >= 11 is 0. The highest BCUT2D eigenvalue weighted by Gasteiger charge is 2.53. The standard InChI is InChI=1S/C80H143NO18/c1-3-5-7-9-11-13-15-17-19-20-21-22-23-24-25-26-27-28-29-30-31-32-33-34-35-36-37-38-39-40-41-42-44-46-48-50-52-54-56-58-68(86)81-63(64(85)57-55-53-51-49-47-45-43-18-16-14-12-10-8-6-4-2)62-94-78-74(92)71(89)76(66(60-83)96-78)99-80-75(93)72(90)77(67(61-84)97-80)98-79-73(91)70(88)69(87)65(59-82)95-79/h5,7,11,13,17,19,21-22,24-25,55,57,63-67,69-80,82-85,87-93H,3-4,6,8-10,12,14-16,18,20,23,26-54,56,58-62H2,1-2H3,(H,81,86)/b7-5-,13-11-,19-17-,22-21-,25-24-,57-55+. The third kappa shape index (κ3) is 40.9. The molecule has 99 heavy (non-hydrogen) atoms. The number of carbonyl (C=O) groups is 1. The zero-order valence-corrected chi connectivity index (χ0v) is 61.5. The van der Waals surface area contributed by atoms with Crippen LogP contribution in [0, 0.1) is 0 Å². The van der Waals surface area contributed by atoms with Gasteiger partial charge in [-0.05, 0) is 64.2 Å². The van der Waals surface area contributed by atoms with Crippen LogP contribution < -0.4 is 5.32 Å². The van der Waals surface area contributed by atoms with E-state index in [9.17, 15) is 61.0 Å². The lowest BCUT2D eigenvalue weighted by Gasteiger charge is -2.48. The fraction of sp³-hybridized carbons (Fsp3) is 0.838. The van der Waals surface area contributed by atoms with Crippen LogP contribution in [0.5, 0.6) is 0 Å². The number of unbranched alkanes of at least 4 members (excludes halogenated alkanes) is 36. The molecule has 0 spiro atoms. The minimum atomic E-state index is -1.98. The summed E-state index contributed by atoms with van der Waals surface area (Å²) in [6.07, 6.45) is 51.9. The van der Waals surface area contributed by atoms with Crippen molar-refractivity contribution in [3.05, 3.63) is 72.9 Å². The summed E-state index contributed by atoms with van der Waals surface area (Å²) in [5, 5.41) is 121. The first kappa shape index (κ1) is 90.4. The fourth-order valence-electron chi connectivity index (χ4n) is 13.2. The summed E-state index contributed by atoms with van der Waals surface area (Å²) in [6.45, 7) is 1.64. The number of amides is 1. The largest absolute Gasteiger partial charge is 0.394 e. The summed E-state index contributed by atoms with van der Waals surface area (Å²) < 4.78 is 34.4. The van der Waals surface area contributed by atoms with E-state index in [-0.39, 0.29) is 18.9 Å². The van der Waals surface area contributed by atoms with Crippen LogP contribution in [0.3, 0.4) is 0 Å². The minimum Gasteiger partial charge on any atom is -0.394 e. The van der Waals surface area contributed by atoms with Crippen molar-refractivity contribution in [1.29, 1.82) is 0 Å². The maximum absolute atomic E-state index is 13.4. The monoisotopic (exact) mass is 1410 g/mol. The van der Waals surface area contributed by atoms with Crippen molar-refractivity contribution in [2.75, 3.05) is 26.4 Å². The van der Waals surface area contributed by atoms with Crippen molar-refractivity contribution in [2.45, 2.75) is 401 Å². The number of ether oxygens (including phenoxy) is 6. The van der Waals surface area contributed by atoms with Gasteiger partial charge in [0.25, 0.3) is 0 Å². The van der Waals surface area contributed by atoms with Gasteiger partial charge < -0.3 is 89.9 Å². The smallest absolute Gasteiger partial charge is 0.220 e. The molecule has 0 aliphatic carbocycles. The maximum Gasteiger partial charge on any atom is 0.220 e. The third-order valence-electron chi connectivity index (χ3n) is 19.5. The Labute approximate surface area is 598 Å². The second kappa shape index (κ2) is 60.5. The highest BCUT2D eigenvalue weighted by molar-refractivity contribution is 5.76. The Morgan fingerprint density at radius 3 is 1.09 bits per heavy atom. The molecule has 3 saturated heterocycles. The fourth-order valence-corrected chi connectivity index (χ4v) is 13.2. The molecule has 0 aromatic rings. The highest BCUT2D eigenvalue weighted by atomic mass is 16.8. The molecule has 3 fully saturated rings. The zero-order valence-electron chi connectivity index (χ0n) is 61.5. The molecule has 3 heterocycles. The molecule has 17 atom stereocenters. The average molecular weight is 1410 g/mol. The van der Waals surface area contributed by atoms with Gasteiger partial charge in [0.2, 0.25) is 5.91 Å². The first-order valence-corrected chi connectivity index (χ1v) is 39.7. The van der Waals surface area contributed by atoms with Crippen LogP contribution in [0.4, 0.5) is 0 Å². The predicted octanol–water partition coefficient (Wildman–Crippen LogP) is 12.8. The molecule has 0 aromatic carbocycles. The molecule has 17 unspecified atom stereocenters. The lowest BCUT2D eigenvalue weighted by Crippen LogP contribution is -2.66. The van der Waals surface area contributed by atoms with Gasteiger partial charge in [0.1, 0.15) is 73.2 Å². The number of carbonyl (C=O) groups excluding carboxylic acids is 1. The van der Waals surface area contributed by atoms with E-state index in [1.807, 2.05) is 6.08 Å². The number of nitrogens with one attached hydrogen (secondary N) is 1. The number of aliphatic hydroxyl groups excluding tert-OH is 11. The van der Waals surface area contributed by atoms with Crippen LogP contribution in [0.1, 0.15) is 296 Å². The first-order chi connectivity index (χ1) is 48.3. The highest BCUT2D eigenvalue weighted by Crippen LogP contribution is 2.33. The lowest BCUT2D eigenvalue weighted by atomic mass is 9.96. The SMILES string of the molecule is CC/C=C\C/C=C\C/C=C\C/C=C\C/C=C\CCCCCCCCCCCCCCCCCCCCCCCCCC(=O)NC(COC1OC(CO)C(OC2OC(CO)C(OC3OC(CO)C(O)C(O)C3O)C(O)C2O)C(O)C1O)C(O)/C=C/CCCCCCCCCCCCCCC. The van der Waals surface area contributed by atoms with Gasteiger partial charge in [0, 0.05) is 6.42 Å². The zero-order chi connectivity index (χ0) is 71.8. The van der Waals surface area contributed by atoms with E-state index in [1.54, 1.807) is 6.08 Å². The number of hydrogen-bond acceptors (Lipinski definition) is 18. The van der Waals surface area contributed by atoms with E-state index in [1.165, 1.54) is 193 Å². The van der Waals surface area contributed by atoms with E-state index in [2.05, 4.69) is 79.9 Å². The van der Waals surface area contributed by atoms with Crippen LogP contribution in [-0.4, -0.2) is 193 Å². The molecule has 0 bridgehead atoms. The van der Waals surface area contributed by atoms with Gasteiger partial charge in [-0.15, -0.1) is 0 Å². The van der Waals surface area contributed by atoms with E-state index in [0.29, 0.717) is 6.42 Å². The van der Waals surface area contributed by atoms with Crippen molar-refractivity contribution in [3.8, 4) is 0 Å². The Morgan fingerprint density at radius 1 is 0.374 bits per heavy atom. The van der Waals surface area contributed by atoms with Crippen LogP contribution in [0.25, 0.3) is 0 Å². The quantitative estimate of drug-likeness (QED) is 0.0199. The van der Waals surface area contributed by atoms with Crippen molar-refractivity contribution >= 4 is 5.91 Å². The third-order valence-corrected chi connectivity index (χ3v) is 19.5. The molecule has 19 nitrogen and oxygen atoms in total. The van der Waals surface area contributed by atoms with Crippen LogP contribution in [0.2, 0.25) is 0 Å². The van der Waals surface area contributed by atoms with Crippen LogP contribution >= 0.6 is 0 Å². The van der Waals surface area contributed by atoms with E-state index < -0.39 is 124 Å². The van der Waals surface area contributed by atoms with Gasteiger partial charge in [-0.2, -0.15) is 0 Å². The Balaban J connectivity index is 1.30. The van der Waals surface area contributed by atoms with Gasteiger partial charge in [0.15, 0.2) is 18.9 Å². The summed E-state index contributed by atoms with van der Waals surface area (Å²) in [6, 6.07) is -0.973. The number of hydrogen-bond donors (Lipinski definition) is 12. The molecular formula is C80H143NO18. The second-order valence-corrected chi connectivity index (χ2v) is 28.1. The Kier molecular flexibility index (Phi) is 55.3. The van der Waals surface area contributed by atoms with Crippen molar-refractivity contribution in [1.82, 2.24) is 5.32 Å². The number of allylic oxidation sites excluding steroid dienone is 11. The normalized spacial score (nSPS) is 27.0. The van der Waals surface area contributed by atoms with Crippen molar-refractivity contribution in [2.24, 2.45) is 0 Å². The molecule has 0 saturated carbocycles. The first-order valence-electron chi connectivity index (χ1n) is 39.7. The van der Waals surface area contributed by atoms with Crippen molar-refractivity contribution in [3.63, 3.8) is 0 Å².